The molecule has 2 nitrogen and oxygen atoms in total. The highest BCUT2D eigenvalue weighted by Gasteiger charge is 2.40. The monoisotopic (exact) mass is 252 g/mol. The van der Waals surface area contributed by atoms with Crippen LogP contribution in [0.3, 0.4) is 0 Å². The lowest BCUT2D eigenvalue weighted by Crippen LogP contribution is -2.58. The summed E-state index contributed by atoms with van der Waals surface area (Å²) in [5.74, 6) is 0.878. The fraction of sp³-hybridized carbons (Fsp3) is 1.00. The summed E-state index contributed by atoms with van der Waals surface area (Å²) in [5.41, 5.74) is 0.526. The summed E-state index contributed by atoms with van der Waals surface area (Å²) < 4.78 is 0. The standard InChI is InChI=1S/C16H32N2/c1-12-6-7-13(2)18(11-12)15-10-16(3,4)9-8-14(15)17-5/h12-15,17H,6-11H2,1-5H3. The summed E-state index contributed by atoms with van der Waals surface area (Å²) in [6.45, 7) is 11.1. The first-order chi connectivity index (χ1) is 8.43. The number of hydrogen-bond acceptors (Lipinski definition) is 2. The van der Waals surface area contributed by atoms with E-state index < -0.39 is 0 Å². The zero-order valence-electron chi connectivity index (χ0n) is 13.0. The molecular weight excluding hydrogens is 220 g/mol. The molecule has 1 saturated heterocycles. The molecule has 0 radical (unpaired) electrons. The molecule has 1 N–H and O–H groups in total. The van der Waals surface area contributed by atoms with Gasteiger partial charge in [0.1, 0.15) is 0 Å². The molecule has 0 amide bonds. The van der Waals surface area contributed by atoms with Gasteiger partial charge in [-0.2, -0.15) is 0 Å². The van der Waals surface area contributed by atoms with Crippen molar-refractivity contribution in [2.24, 2.45) is 11.3 Å². The van der Waals surface area contributed by atoms with Gasteiger partial charge >= 0.3 is 0 Å². The lowest BCUT2D eigenvalue weighted by Gasteiger charge is -2.50. The van der Waals surface area contributed by atoms with Gasteiger partial charge in [0.25, 0.3) is 0 Å². The van der Waals surface area contributed by atoms with E-state index in [0.29, 0.717) is 11.5 Å². The average molecular weight is 252 g/mol. The molecule has 0 bridgehead atoms. The molecule has 4 unspecified atom stereocenters. The lowest BCUT2D eigenvalue weighted by molar-refractivity contribution is 0.0104. The van der Waals surface area contributed by atoms with Gasteiger partial charge in [-0.15, -0.1) is 0 Å². The number of nitrogens with one attached hydrogen (secondary N) is 1. The molecule has 1 heterocycles. The molecule has 2 aliphatic rings. The third kappa shape index (κ3) is 3.08. The molecule has 2 rings (SSSR count). The highest BCUT2D eigenvalue weighted by atomic mass is 15.2. The van der Waals surface area contributed by atoms with Crippen molar-refractivity contribution in [2.75, 3.05) is 13.6 Å². The van der Waals surface area contributed by atoms with Crippen LogP contribution in [-0.4, -0.2) is 36.6 Å². The predicted molar refractivity (Wildman–Crippen MR) is 78.8 cm³/mol. The quantitative estimate of drug-likeness (QED) is 0.811. The third-order valence-electron chi connectivity index (χ3n) is 5.32. The van der Waals surface area contributed by atoms with E-state index in [9.17, 15) is 0 Å². The molecule has 1 aliphatic carbocycles. The lowest BCUT2D eigenvalue weighted by atomic mass is 9.71. The highest BCUT2D eigenvalue weighted by molar-refractivity contribution is 4.96. The predicted octanol–water partition coefficient (Wildman–Crippen LogP) is 3.27. The van der Waals surface area contributed by atoms with E-state index in [1.54, 1.807) is 0 Å². The first kappa shape index (κ1) is 14.3. The van der Waals surface area contributed by atoms with Crippen molar-refractivity contribution in [3.8, 4) is 0 Å². The second kappa shape index (κ2) is 5.50. The molecule has 0 aromatic rings. The van der Waals surface area contributed by atoms with Crippen LogP contribution in [0, 0.1) is 11.3 Å². The topological polar surface area (TPSA) is 15.3 Å². The zero-order chi connectivity index (χ0) is 13.3. The molecular formula is C16H32N2. The van der Waals surface area contributed by atoms with E-state index in [1.165, 1.54) is 38.6 Å². The van der Waals surface area contributed by atoms with Crippen molar-refractivity contribution in [3.63, 3.8) is 0 Å². The molecule has 0 aromatic heterocycles. The maximum atomic E-state index is 3.58. The molecule has 0 spiro atoms. The molecule has 106 valence electrons. The van der Waals surface area contributed by atoms with Gasteiger partial charge < -0.3 is 5.32 Å². The number of rotatable bonds is 2. The fourth-order valence-corrected chi connectivity index (χ4v) is 4.02. The second-order valence-electron chi connectivity index (χ2n) is 7.60. The van der Waals surface area contributed by atoms with Gasteiger partial charge in [0.05, 0.1) is 0 Å². The molecule has 0 aromatic carbocycles. The van der Waals surface area contributed by atoms with Crippen LogP contribution < -0.4 is 5.32 Å². The van der Waals surface area contributed by atoms with E-state index in [-0.39, 0.29) is 0 Å². The Morgan fingerprint density at radius 2 is 1.83 bits per heavy atom. The van der Waals surface area contributed by atoms with Gasteiger partial charge in [0, 0.05) is 24.7 Å². The minimum atomic E-state index is 0.526. The van der Waals surface area contributed by atoms with Crippen LogP contribution in [-0.2, 0) is 0 Å². The maximum Gasteiger partial charge on any atom is 0.0257 e. The number of likely N-dealkylation sites (N-methyl/N-ethyl adjacent to an activating group) is 1. The van der Waals surface area contributed by atoms with E-state index in [1.807, 2.05) is 0 Å². The van der Waals surface area contributed by atoms with E-state index >= 15 is 0 Å². The van der Waals surface area contributed by atoms with Crippen molar-refractivity contribution < 1.29 is 0 Å². The Hall–Kier alpha value is -0.0800. The molecule has 4 atom stereocenters. The Bertz CT molecular complexity index is 274. The largest absolute Gasteiger partial charge is 0.315 e. The Kier molecular flexibility index (Phi) is 4.38. The Morgan fingerprint density at radius 3 is 2.50 bits per heavy atom. The van der Waals surface area contributed by atoms with Crippen molar-refractivity contribution in [3.05, 3.63) is 0 Å². The van der Waals surface area contributed by atoms with Crippen molar-refractivity contribution >= 4 is 0 Å². The fourth-order valence-electron chi connectivity index (χ4n) is 4.02. The summed E-state index contributed by atoms with van der Waals surface area (Å²) >= 11 is 0. The first-order valence-electron chi connectivity index (χ1n) is 7.86. The minimum absolute atomic E-state index is 0.526. The van der Waals surface area contributed by atoms with Crippen molar-refractivity contribution in [1.82, 2.24) is 10.2 Å². The second-order valence-corrected chi connectivity index (χ2v) is 7.60. The first-order valence-corrected chi connectivity index (χ1v) is 7.86. The van der Waals surface area contributed by atoms with Crippen LogP contribution >= 0.6 is 0 Å². The SMILES string of the molecule is CNC1CCC(C)(C)CC1N1CC(C)CCC1C. The van der Waals surface area contributed by atoms with Gasteiger partial charge in [-0.3, -0.25) is 4.90 Å². The van der Waals surface area contributed by atoms with Gasteiger partial charge in [0.2, 0.25) is 0 Å². The normalized spacial score (nSPS) is 41.8. The van der Waals surface area contributed by atoms with Gasteiger partial charge in [0.15, 0.2) is 0 Å². The van der Waals surface area contributed by atoms with E-state index in [0.717, 1.165) is 18.0 Å². The highest BCUT2D eigenvalue weighted by Crippen LogP contribution is 2.39. The van der Waals surface area contributed by atoms with Gasteiger partial charge in [-0.1, -0.05) is 20.8 Å². The number of nitrogens with zero attached hydrogens (tertiary/aromatic N) is 1. The zero-order valence-corrected chi connectivity index (χ0v) is 13.0. The molecule has 18 heavy (non-hydrogen) atoms. The van der Waals surface area contributed by atoms with Gasteiger partial charge in [-0.05, 0) is 57.4 Å². The summed E-state index contributed by atoms with van der Waals surface area (Å²) in [7, 11) is 2.15. The van der Waals surface area contributed by atoms with E-state index in [2.05, 4.69) is 45.0 Å². The van der Waals surface area contributed by atoms with Crippen LogP contribution in [0.4, 0.5) is 0 Å². The summed E-state index contributed by atoms with van der Waals surface area (Å²) in [5, 5.41) is 3.58. The minimum Gasteiger partial charge on any atom is -0.315 e. The molecule has 1 saturated carbocycles. The van der Waals surface area contributed by atoms with Crippen LogP contribution in [0.1, 0.15) is 59.8 Å². The van der Waals surface area contributed by atoms with Crippen LogP contribution in [0.25, 0.3) is 0 Å². The number of piperidine rings is 1. The smallest absolute Gasteiger partial charge is 0.0257 e. The average Bonchev–Trinajstić information content (AvgIpc) is 2.31. The molecule has 1 aliphatic heterocycles. The molecule has 2 fully saturated rings. The van der Waals surface area contributed by atoms with Gasteiger partial charge in [-0.25, -0.2) is 0 Å². The Morgan fingerprint density at radius 1 is 1.11 bits per heavy atom. The summed E-state index contributed by atoms with van der Waals surface area (Å²) in [4.78, 5) is 2.82. The number of hydrogen-bond donors (Lipinski definition) is 1. The van der Waals surface area contributed by atoms with E-state index in [4.69, 9.17) is 0 Å². The van der Waals surface area contributed by atoms with Crippen LogP contribution in [0.5, 0.6) is 0 Å². The van der Waals surface area contributed by atoms with Crippen LogP contribution in [0.15, 0.2) is 0 Å². The summed E-state index contributed by atoms with van der Waals surface area (Å²) in [6.07, 6.45) is 6.86. The molecule has 2 heteroatoms. The maximum absolute atomic E-state index is 3.58. The Labute approximate surface area is 114 Å². The van der Waals surface area contributed by atoms with Crippen molar-refractivity contribution in [1.29, 1.82) is 0 Å². The van der Waals surface area contributed by atoms with Crippen LogP contribution in [0.2, 0.25) is 0 Å². The summed E-state index contributed by atoms with van der Waals surface area (Å²) in [6, 6.07) is 2.22. The Balaban J connectivity index is 2.11. The van der Waals surface area contributed by atoms with Crippen molar-refractivity contribution in [2.45, 2.75) is 77.9 Å². The third-order valence-corrected chi connectivity index (χ3v) is 5.32. The number of likely N-dealkylation sites (tertiary alicyclic amines) is 1.